The molecular weight excluding hydrogens is 264 g/mol. The van der Waals surface area contributed by atoms with Crippen LogP contribution in [-0.4, -0.2) is 36.5 Å². The van der Waals surface area contributed by atoms with E-state index in [0.29, 0.717) is 0 Å². The van der Waals surface area contributed by atoms with E-state index in [0.717, 1.165) is 18.7 Å². The van der Waals surface area contributed by atoms with Crippen molar-refractivity contribution < 1.29 is 0 Å². The maximum atomic E-state index is 5.60. The Kier molecular flexibility index (Phi) is 5.57. The van der Waals surface area contributed by atoms with Gasteiger partial charge in [0.15, 0.2) is 5.96 Å². The van der Waals surface area contributed by atoms with Crippen molar-refractivity contribution in [3.05, 3.63) is 29.8 Å². The highest BCUT2D eigenvalue weighted by molar-refractivity contribution is 5.93. The molecule has 0 radical (unpaired) electrons. The van der Waals surface area contributed by atoms with Crippen LogP contribution < -0.4 is 17.2 Å². The van der Waals surface area contributed by atoms with Gasteiger partial charge >= 0.3 is 0 Å². The fourth-order valence-electron chi connectivity index (χ4n) is 2.50. The number of nitrogens with two attached hydrogens (primary N) is 3. The van der Waals surface area contributed by atoms with Gasteiger partial charge in [0.05, 0.1) is 5.69 Å². The first-order valence-corrected chi connectivity index (χ1v) is 7.38. The highest BCUT2D eigenvalue weighted by atomic mass is 15.1. The van der Waals surface area contributed by atoms with Crippen LogP contribution in [0.4, 0.5) is 5.69 Å². The summed E-state index contributed by atoms with van der Waals surface area (Å²) in [4.78, 5) is 10.3. The molecule has 0 aromatic heterocycles. The summed E-state index contributed by atoms with van der Waals surface area (Å²) in [6.45, 7) is 3.59. The second-order valence-corrected chi connectivity index (χ2v) is 5.33. The predicted octanol–water partition coefficient (Wildman–Crippen LogP) is 0.935. The van der Waals surface area contributed by atoms with Crippen molar-refractivity contribution in [1.82, 2.24) is 4.90 Å². The van der Waals surface area contributed by atoms with Crippen molar-refractivity contribution in [2.45, 2.75) is 25.7 Å². The maximum absolute atomic E-state index is 5.60. The van der Waals surface area contributed by atoms with E-state index >= 15 is 0 Å². The molecule has 1 saturated heterocycles. The second-order valence-electron chi connectivity index (χ2n) is 5.33. The van der Waals surface area contributed by atoms with Crippen LogP contribution >= 0.6 is 0 Å². The van der Waals surface area contributed by atoms with Crippen molar-refractivity contribution in [1.29, 1.82) is 0 Å². The molecular formula is C15H24N6. The molecule has 0 atom stereocenters. The molecule has 2 rings (SSSR count). The van der Waals surface area contributed by atoms with Gasteiger partial charge in [0, 0.05) is 6.54 Å². The Labute approximate surface area is 125 Å². The number of guanidine groups is 2. The molecule has 0 amide bonds. The monoisotopic (exact) mass is 288 g/mol. The second kappa shape index (κ2) is 7.64. The van der Waals surface area contributed by atoms with Crippen LogP contribution in [-0.2, 0) is 6.42 Å². The van der Waals surface area contributed by atoms with Gasteiger partial charge in [0.2, 0.25) is 5.96 Å². The zero-order valence-electron chi connectivity index (χ0n) is 12.3. The largest absolute Gasteiger partial charge is 0.370 e. The van der Waals surface area contributed by atoms with Crippen molar-refractivity contribution >= 4 is 17.6 Å². The summed E-state index contributed by atoms with van der Waals surface area (Å²) in [5, 5.41) is 0. The van der Waals surface area contributed by atoms with Gasteiger partial charge in [-0.3, -0.25) is 0 Å². The average molecular weight is 288 g/mol. The van der Waals surface area contributed by atoms with Crippen molar-refractivity contribution in [2.24, 2.45) is 27.2 Å². The fraction of sp³-hybridized carbons (Fsp3) is 0.467. The van der Waals surface area contributed by atoms with Gasteiger partial charge in [-0.1, -0.05) is 18.6 Å². The van der Waals surface area contributed by atoms with E-state index in [9.17, 15) is 0 Å². The van der Waals surface area contributed by atoms with Gasteiger partial charge in [-0.25, -0.2) is 4.99 Å². The van der Waals surface area contributed by atoms with Gasteiger partial charge in [-0.05, 0) is 50.0 Å². The summed E-state index contributed by atoms with van der Waals surface area (Å²) in [5.41, 5.74) is 18.1. The topological polar surface area (TPSA) is 106 Å². The van der Waals surface area contributed by atoms with Crippen LogP contribution in [0.25, 0.3) is 0 Å². The highest BCUT2D eigenvalue weighted by Crippen LogP contribution is 2.15. The van der Waals surface area contributed by atoms with Gasteiger partial charge in [0.25, 0.3) is 0 Å². The first-order chi connectivity index (χ1) is 10.1. The molecule has 1 aromatic rings. The molecule has 0 bridgehead atoms. The first kappa shape index (κ1) is 15.3. The zero-order chi connectivity index (χ0) is 15.1. The molecule has 0 spiro atoms. The lowest BCUT2D eigenvalue weighted by Gasteiger charge is -2.26. The molecule has 1 aliphatic heterocycles. The lowest BCUT2D eigenvalue weighted by Crippen LogP contribution is -2.31. The van der Waals surface area contributed by atoms with E-state index in [1.54, 1.807) is 0 Å². The molecule has 1 aliphatic rings. The SMILES string of the molecule is NC(N)=NC(N)=Nc1ccc(CCN2CCCCC2)cc1. The molecule has 114 valence electrons. The zero-order valence-corrected chi connectivity index (χ0v) is 12.3. The minimum Gasteiger partial charge on any atom is -0.370 e. The van der Waals surface area contributed by atoms with E-state index in [-0.39, 0.29) is 11.9 Å². The number of aliphatic imine (C=N–C) groups is 2. The van der Waals surface area contributed by atoms with Crippen LogP contribution in [0.1, 0.15) is 24.8 Å². The highest BCUT2D eigenvalue weighted by Gasteiger charge is 2.09. The molecule has 6 heteroatoms. The lowest BCUT2D eigenvalue weighted by molar-refractivity contribution is 0.231. The Hall–Kier alpha value is -2.08. The minimum atomic E-state index is -0.0885. The average Bonchev–Trinajstić information content (AvgIpc) is 2.47. The Morgan fingerprint density at radius 1 is 1.00 bits per heavy atom. The van der Waals surface area contributed by atoms with Gasteiger partial charge in [-0.15, -0.1) is 0 Å². The number of benzene rings is 1. The van der Waals surface area contributed by atoms with Crippen molar-refractivity contribution in [2.75, 3.05) is 19.6 Å². The van der Waals surface area contributed by atoms with Crippen LogP contribution in [0.3, 0.4) is 0 Å². The lowest BCUT2D eigenvalue weighted by atomic mass is 10.1. The molecule has 21 heavy (non-hydrogen) atoms. The van der Waals surface area contributed by atoms with Crippen LogP contribution in [0.5, 0.6) is 0 Å². The number of piperidine rings is 1. The third-order valence-electron chi connectivity index (χ3n) is 3.59. The Balaban J connectivity index is 1.88. The smallest absolute Gasteiger partial charge is 0.223 e. The summed E-state index contributed by atoms with van der Waals surface area (Å²) in [6.07, 6.45) is 5.10. The fourth-order valence-corrected chi connectivity index (χ4v) is 2.50. The number of nitrogens with zero attached hydrogens (tertiary/aromatic N) is 3. The first-order valence-electron chi connectivity index (χ1n) is 7.38. The summed E-state index contributed by atoms with van der Waals surface area (Å²) < 4.78 is 0. The summed E-state index contributed by atoms with van der Waals surface area (Å²) in [6, 6.07) is 8.01. The third kappa shape index (κ3) is 5.43. The summed E-state index contributed by atoms with van der Waals surface area (Å²) in [5.74, 6) is -0.0227. The Morgan fingerprint density at radius 2 is 1.67 bits per heavy atom. The Morgan fingerprint density at radius 3 is 2.29 bits per heavy atom. The van der Waals surface area contributed by atoms with Crippen LogP contribution in [0, 0.1) is 0 Å². The van der Waals surface area contributed by atoms with E-state index in [4.69, 9.17) is 17.2 Å². The van der Waals surface area contributed by atoms with Gasteiger partial charge < -0.3 is 22.1 Å². The van der Waals surface area contributed by atoms with E-state index in [1.807, 2.05) is 12.1 Å². The third-order valence-corrected chi connectivity index (χ3v) is 3.59. The van der Waals surface area contributed by atoms with Crippen LogP contribution in [0.15, 0.2) is 34.3 Å². The van der Waals surface area contributed by atoms with E-state index in [2.05, 4.69) is 27.0 Å². The molecule has 1 heterocycles. The minimum absolute atomic E-state index is 0.0658. The number of likely N-dealkylation sites (tertiary alicyclic amines) is 1. The van der Waals surface area contributed by atoms with Crippen LogP contribution in [0.2, 0.25) is 0 Å². The molecule has 0 saturated carbocycles. The summed E-state index contributed by atoms with van der Waals surface area (Å²) >= 11 is 0. The predicted molar refractivity (Wildman–Crippen MR) is 87.5 cm³/mol. The molecule has 6 N–H and O–H groups in total. The molecule has 0 aliphatic carbocycles. The van der Waals surface area contributed by atoms with Crippen molar-refractivity contribution in [3.8, 4) is 0 Å². The van der Waals surface area contributed by atoms with Gasteiger partial charge in [-0.2, -0.15) is 4.99 Å². The maximum Gasteiger partial charge on any atom is 0.223 e. The quantitative estimate of drug-likeness (QED) is 0.566. The van der Waals surface area contributed by atoms with Crippen molar-refractivity contribution in [3.63, 3.8) is 0 Å². The summed E-state index contributed by atoms with van der Waals surface area (Å²) in [7, 11) is 0. The Bertz CT molecular complexity index is 495. The number of rotatable bonds is 4. The normalized spacial score (nSPS) is 16.7. The molecule has 1 aromatic carbocycles. The molecule has 1 fully saturated rings. The van der Waals surface area contributed by atoms with E-state index in [1.165, 1.54) is 37.9 Å². The van der Waals surface area contributed by atoms with E-state index < -0.39 is 0 Å². The van der Waals surface area contributed by atoms with Gasteiger partial charge in [0.1, 0.15) is 0 Å². The number of hydrogen-bond acceptors (Lipinski definition) is 2. The standard InChI is InChI=1S/C15H24N6/c16-14(17)20-15(18)19-13-6-4-12(5-7-13)8-11-21-9-2-1-3-10-21/h4-7H,1-3,8-11H2,(H6,16,17,18,19,20). The molecule has 6 nitrogen and oxygen atoms in total. The molecule has 0 unspecified atom stereocenters. The number of hydrogen-bond donors (Lipinski definition) is 3.